The molecule has 2 aromatic rings. The molecule has 0 unspecified atom stereocenters. The van der Waals surface area contributed by atoms with Crippen molar-refractivity contribution in [2.24, 2.45) is 7.05 Å². The lowest BCUT2D eigenvalue weighted by Gasteiger charge is -2.20. The van der Waals surface area contributed by atoms with Crippen LogP contribution in [0.3, 0.4) is 0 Å². The second-order valence-electron chi connectivity index (χ2n) is 6.59. The quantitative estimate of drug-likeness (QED) is 0.871. The third kappa shape index (κ3) is 3.87. The highest BCUT2D eigenvalue weighted by atomic mass is 16.4. The number of imidazole rings is 1. The molecule has 1 aliphatic rings. The molecule has 1 amide bonds. The first-order chi connectivity index (χ1) is 11.3. The Bertz CT molecular complexity index is 797. The first kappa shape index (κ1) is 16.3. The average molecular weight is 327 g/mol. The zero-order valence-electron chi connectivity index (χ0n) is 14.1. The number of furan rings is 1. The maximum Gasteiger partial charge on any atom is 0.290 e. The fourth-order valence-corrected chi connectivity index (χ4v) is 2.33. The summed E-state index contributed by atoms with van der Waals surface area (Å²) in [6.07, 6.45) is 5.59. The molecule has 1 N–H and O–H groups in total. The van der Waals surface area contributed by atoms with Crippen LogP contribution < -0.4 is 0 Å². The number of carbonyl (C=O) groups excluding carboxylic acids is 1. The van der Waals surface area contributed by atoms with Crippen molar-refractivity contribution in [3.8, 4) is 11.8 Å². The zero-order valence-corrected chi connectivity index (χ0v) is 14.1. The van der Waals surface area contributed by atoms with Gasteiger partial charge in [-0.05, 0) is 44.7 Å². The number of amides is 1. The molecule has 0 spiro atoms. The predicted octanol–water partition coefficient (Wildman–Crippen LogP) is 1.94. The maximum atomic E-state index is 12.8. The molecule has 126 valence electrons. The van der Waals surface area contributed by atoms with Crippen molar-refractivity contribution in [1.29, 1.82) is 0 Å². The second-order valence-corrected chi connectivity index (χ2v) is 6.59. The Morgan fingerprint density at radius 1 is 1.50 bits per heavy atom. The van der Waals surface area contributed by atoms with E-state index in [0.717, 1.165) is 18.7 Å². The van der Waals surface area contributed by atoms with Crippen LogP contribution in [0.25, 0.3) is 0 Å². The Balaban J connectivity index is 1.77. The van der Waals surface area contributed by atoms with E-state index in [1.807, 2.05) is 17.8 Å². The van der Waals surface area contributed by atoms with E-state index >= 15 is 0 Å². The van der Waals surface area contributed by atoms with E-state index in [4.69, 9.17) is 4.42 Å². The molecule has 1 aliphatic carbocycles. The Morgan fingerprint density at radius 2 is 2.25 bits per heavy atom. The number of rotatable bonds is 4. The van der Waals surface area contributed by atoms with Gasteiger partial charge in [0.05, 0.1) is 6.54 Å². The second kappa shape index (κ2) is 6.17. The molecule has 6 nitrogen and oxygen atoms in total. The molecule has 0 aliphatic heterocycles. The highest BCUT2D eigenvalue weighted by Crippen LogP contribution is 2.30. The number of aliphatic hydroxyl groups is 1. The zero-order chi connectivity index (χ0) is 17.3. The molecule has 2 heterocycles. The summed E-state index contributed by atoms with van der Waals surface area (Å²) in [5.74, 6) is 6.73. The third-order valence-electron chi connectivity index (χ3n) is 3.79. The number of hydrogen-bond donors (Lipinski definition) is 1. The molecular formula is C18H21N3O3. The molecule has 24 heavy (non-hydrogen) atoms. The van der Waals surface area contributed by atoms with Gasteiger partial charge in [0, 0.05) is 25.5 Å². The lowest BCUT2D eigenvalue weighted by molar-refractivity contribution is 0.0691. The van der Waals surface area contributed by atoms with E-state index in [2.05, 4.69) is 16.8 Å². The van der Waals surface area contributed by atoms with Gasteiger partial charge in [0.15, 0.2) is 11.5 Å². The summed E-state index contributed by atoms with van der Waals surface area (Å²) in [5, 5.41) is 9.63. The minimum Gasteiger partial charge on any atom is -0.443 e. The highest BCUT2D eigenvalue weighted by molar-refractivity contribution is 5.92. The molecular weight excluding hydrogens is 306 g/mol. The van der Waals surface area contributed by atoms with Crippen LogP contribution >= 0.6 is 0 Å². The van der Waals surface area contributed by atoms with E-state index < -0.39 is 5.60 Å². The van der Waals surface area contributed by atoms with E-state index in [-0.39, 0.29) is 17.7 Å². The first-order valence-corrected chi connectivity index (χ1v) is 7.96. The normalized spacial score (nSPS) is 14.2. The monoisotopic (exact) mass is 327 g/mol. The molecule has 0 atom stereocenters. The molecule has 0 saturated heterocycles. The van der Waals surface area contributed by atoms with E-state index in [0.29, 0.717) is 12.3 Å². The van der Waals surface area contributed by atoms with Gasteiger partial charge in [-0.1, -0.05) is 5.92 Å². The van der Waals surface area contributed by atoms with Crippen LogP contribution in [0, 0.1) is 11.8 Å². The van der Waals surface area contributed by atoms with E-state index in [1.165, 1.54) is 0 Å². The van der Waals surface area contributed by atoms with Crippen molar-refractivity contribution in [2.75, 3.05) is 0 Å². The largest absolute Gasteiger partial charge is 0.443 e. The van der Waals surface area contributed by atoms with Crippen LogP contribution in [0.4, 0.5) is 0 Å². The summed E-state index contributed by atoms with van der Waals surface area (Å²) in [6.45, 7) is 3.64. The fraction of sp³-hybridized carbons (Fsp3) is 0.444. The van der Waals surface area contributed by atoms with Gasteiger partial charge in [0.1, 0.15) is 11.4 Å². The standard InChI is InChI=1S/C18H21N3O3/c1-18(2,23)9-8-14-6-7-15(24-14)17(22)21(13-4-5-13)12-16-19-10-11-20(16)3/h6-7,10-11,13,23H,4-5,12H2,1-3H3. The van der Waals surface area contributed by atoms with Gasteiger partial charge in [-0.25, -0.2) is 4.98 Å². The average Bonchev–Trinajstić information content (AvgIpc) is 3.09. The van der Waals surface area contributed by atoms with Gasteiger partial charge in [-0.15, -0.1) is 0 Å². The summed E-state index contributed by atoms with van der Waals surface area (Å²) in [4.78, 5) is 18.9. The van der Waals surface area contributed by atoms with Gasteiger partial charge < -0.3 is 19.0 Å². The topological polar surface area (TPSA) is 71.5 Å². The number of nitrogens with zero attached hydrogens (tertiary/aromatic N) is 3. The van der Waals surface area contributed by atoms with Crippen molar-refractivity contribution in [2.45, 2.75) is 44.9 Å². The van der Waals surface area contributed by atoms with Crippen molar-refractivity contribution >= 4 is 5.91 Å². The highest BCUT2D eigenvalue weighted by Gasteiger charge is 2.35. The van der Waals surface area contributed by atoms with Crippen molar-refractivity contribution < 1.29 is 14.3 Å². The van der Waals surface area contributed by atoms with E-state index in [1.54, 1.807) is 37.1 Å². The van der Waals surface area contributed by atoms with Gasteiger partial charge in [0.2, 0.25) is 0 Å². The first-order valence-electron chi connectivity index (χ1n) is 7.96. The van der Waals surface area contributed by atoms with Crippen LogP contribution in [0.1, 0.15) is 48.8 Å². The molecule has 1 saturated carbocycles. The molecule has 0 aromatic carbocycles. The van der Waals surface area contributed by atoms with Crippen LogP contribution in [-0.2, 0) is 13.6 Å². The van der Waals surface area contributed by atoms with Crippen molar-refractivity contribution in [3.63, 3.8) is 0 Å². The minimum absolute atomic E-state index is 0.156. The lowest BCUT2D eigenvalue weighted by atomic mass is 10.1. The molecule has 1 fully saturated rings. The maximum absolute atomic E-state index is 12.8. The van der Waals surface area contributed by atoms with Crippen molar-refractivity contribution in [1.82, 2.24) is 14.5 Å². The fourth-order valence-electron chi connectivity index (χ4n) is 2.33. The van der Waals surface area contributed by atoms with Gasteiger partial charge in [-0.2, -0.15) is 0 Å². The number of aromatic nitrogens is 2. The number of aryl methyl sites for hydroxylation is 1. The summed E-state index contributed by atoms with van der Waals surface area (Å²) >= 11 is 0. The Kier molecular flexibility index (Phi) is 4.20. The van der Waals surface area contributed by atoms with Gasteiger partial charge >= 0.3 is 0 Å². The summed E-state index contributed by atoms with van der Waals surface area (Å²) in [5.41, 5.74) is -1.10. The Hall–Kier alpha value is -2.52. The molecule has 0 radical (unpaired) electrons. The Labute approximate surface area is 141 Å². The summed E-state index contributed by atoms with van der Waals surface area (Å²) in [6, 6.07) is 3.52. The van der Waals surface area contributed by atoms with Crippen molar-refractivity contribution in [3.05, 3.63) is 41.9 Å². The molecule has 2 aromatic heterocycles. The van der Waals surface area contributed by atoms with Gasteiger partial charge in [0.25, 0.3) is 5.91 Å². The van der Waals surface area contributed by atoms with Crippen LogP contribution in [0.2, 0.25) is 0 Å². The Morgan fingerprint density at radius 3 is 2.83 bits per heavy atom. The number of hydrogen-bond acceptors (Lipinski definition) is 4. The lowest BCUT2D eigenvalue weighted by Crippen LogP contribution is -2.33. The molecule has 6 heteroatoms. The van der Waals surface area contributed by atoms with Crippen LogP contribution in [0.5, 0.6) is 0 Å². The molecule has 0 bridgehead atoms. The third-order valence-corrected chi connectivity index (χ3v) is 3.79. The summed E-state index contributed by atoms with van der Waals surface area (Å²) < 4.78 is 7.45. The van der Waals surface area contributed by atoms with Gasteiger partial charge in [-0.3, -0.25) is 4.79 Å². The predicted molar refractivity (Wildman–Crippen MR) is 88.0 cm³/mol. The smallest absolute Gasteiger partial charge is 0.290 e. The van der Waals surface area contributed by atoms with Crippen LogP contribution in [0.15, 0.2) is 28.9 Å². The minimum atomic E-state index is -1.10. The summed E-state index contributed by atoms with van der Waals surface area (Å²) in [7, 11) is 1.91. The SMILES string of the molecule is Cn1ccnc1CN(C(=O)c1ccc(C#CC(C)(C)O)o1)C1CC1. The van der Waals surface area contributed by atoms with Crippen LogP contribution in [-0.4, -0.2) is 37.1 Å². The number of carbonyl (C=O) groups is 1. The van der Waals surface area contributed by atoms with E-state index in [9.17, 15) is 9.90 Å². The molecule has 3 rings (SSSR count).